The summed E-state index contributed by atoms with van der Waals surface area (Å²) >= 11 is 18.8. The normalized spacial score (nSPS) is 20.6. The second kappa shape index (κ2) is 5.61. The van der Waals surface area contributed by atoms with Crippen LogP contribution < -0.4 is 22.3 Å². The van der Waals surface area contributed by atoms with Crippen molar-refractivity contribution in [2.75, 3.05) is 0 Å². The number of benzene rings is 2. The number of hydrogen-bond acceptors (Lipinski definition) is 5. The van der Waals surface area contributed by atoms with Gasteiger partial charge in [0, 0.05) is 16.1 Å². The molecule has 5 nitrogen and oxygen atoms in total. The zero-order valence-corrected chi connectivity index (χ0v) is 13.5. The van der Waals surface area contributed by atoms with Crippen molar-refractivity contribution in [2.45, 2.75) is 5.79 Å². The maximum absolute atomic E-state index is 6.39. The van der Waals surface area contributed by atoms with Crippen molar-refractivity contribution in [3.05, 3.63) is 57.0 Å². The zero-order valence-electron chi connectivity index (χ0n) is 11.2. The number of nitrogens with two attached hydrogens (primary N) is 2. The van der Waals surface area contributed by atoms with Crippen LogP contribution in [0.4, 0.5) is 0 Å². The number of nitrogens with one attached hydrogen (secondary N) is 2. The quantitative estimate of drug-likeness (QED) is 0.666. The summed E-state index contributed by atoms with van der Waals surface area (Å²) in [6.45, 7) is 0. The minimum atomic E-state index is -1.22. The first-order valence-electron chi connectivity index (χ1n) is 6.32. The van der Waals surface area contributed by atoms with Gasteiger partial charge >= 0.3 is 0 Å². The Morgan fingerprint density at radius 3 is 2.27 bits per heavy atom. The molecule has 1 aliphatic heterocycles. The van der Waals surface area contributed by atoms with Crippen LogP contribution in [0.5, 0.6) is 0 Å². The van der Waals surface area contributed by atoms with E-state index in [1.807, 2.05) is 12.1 Å². The highest BCUT2D eigenvalue weighted by atomic mass is 35.5. The third kappa shape index (κ3) is 2.74. The second-order valence-corrected chi connectivity index (χ2v) is 6.09. The van der Waals surface area contributed by atoms with Gasteiger partial charge < -0.3 is 5.73 Å². The lowest BCUT2D eigenvalue weighted by Gasteiger charge is -2.22. The fourth-order valence-corrected chi connectivity index (χ4v) is 3.15. The molecule has 0 amide bonds. The Morgan fingerprint density at radius 1 is 1.05 bits per heavy atom. The second-order valence-electron chi connectivity index (χ2n) is 4.84. The summed E-state index contributed by atoms with van der Waals surface area (Å²) in [7, 11) is 0. The van der Waals surface area contributed by atoms with E-state index in [0.29, 0.717) is 26.2 Å². The predicted octanol–water partition coefficient (Wildman–Crippen LogP) is 2.81. The molecule has 0 saturated carbocycles. The fraction of sp³-hybridized carbons (Fsp3) is 0.0714. The molecule has 2 aromatic carbocycles. The molecular formula is C14H12Cl3N5. The molecular weight excluding hydrogens is 345 g/mol. The van der Waals surface area contributed by atoms with Gasteiger partial charge in [-0.3, -0.25) is 11.2 Å². The zero-order chi connectivity index (χ0) is 15.9. The van der Waals surface area contributed by atoms with Crippen molar-refractivity contribution in [1.29, 1.82) is 0 Å². The molecule has 8 heteroatoms. The van der Waals surface area contributed by atoms with E-state index in [4.69, 9.17) is 46.3 Å². The van der Waals surface area contributed by atoms with Gasteiger partial charge in [-0.15, -0.1) is 0 Å². The van der Waals surface area contributed by atoms with Crippen LogP contribution in [-0.4, -0.2) is 5.96 Å². The summed E-state index contributed by atoms with van der Waals surface area (Å²) in [6, 6.07) is 10.7. The maximum atomic E-state index is 6.39. The molecule has 1 heterocycles. The van der Waals surface area contributed by atoms with E-state index < -0.39 is 5.79 Å². The average molecular weight is 357 g/mol. The molecule has 6 N–H and O–H groups in total. The van der Waals surface area contributed by atoms with Crippen molar-refractivity contribution >= 4 is 40.8 Å². The first kappa shape index (κ1) is 15.4. The lowest BCUT2D eigenvalue weighted by Crippen LogP contribution is -2.50. The molecule has 1 aliphatic rings. The van der Waals surface area contributed by atoms with Crippen LogP contribution in [0.15, 0.2) is 41.4 Å². The number of hydrazine groups is 1. The highest BCUT2D eigenvalue weighted by Gasteiger charge is 2.32. The third-order valence-electron chi connectivity index (χ3n) is 3.27. The van der Waals surface area contributed by atoms with Gasteiger partial charge in [-0.2, -0.15) is 5.43 Å². The van der Waals surface area contributed by atoms with Crippen LogP contribution in [0, 0.1) is 0 Å². The van der Waals surface area contributed by atoms with Crippen LogP contribution in [0.2, 0.25) is 15.1 Å². The van der Waals surface area contributed by atoms with E-state index >= 15 is 0 Å². The van der Waals surface area contributed by atoms with Gasteiger partial charge in [0.15, 0.2) is 0 Å². The summed E-state index contributed by atoms with van der Waals surface area (Å²) in [5.74, 6) is -1.03. The smallest absolute Gasteiger partial charge is 0.209 e. The molecule has 0 saturated heterocycles. The van der Waals surface area contributed by atoms with Gasteiger partial charge in [-0.25, -0.2) is 4.99 Å². The topological polar surface area (TPSA) is 88.5 Å². The average Bonchev–Trinajstić information content (AvgIpc) is 2.79. The lowest BCUT2D eigenvalue weighted by atomic mass is 10.0. The molecule has 0 aliphatic carbocycles. The van der Waals surface area contributed by atoms with Gasteiger partial charge in [0.25, 0.3) is 0 Å². The van der Waals surface area contributed by atoms with E-state index in [1.54, 1.807) is 24.3 Å². The Kier molecular flexibility index (Phi) is 3.92. The van der Waals surface area contributed by atoms with E-state index in [0.717, 1.165) is 5.56 Å². The third-order valence-corrected chi connectivity index (χ3v) is 4.10. The van der Waals surface area contributed by atoms with Crippen molar-refractivity contribution in [3.8, 4) is 11.1 Å². The van der Waals surface area contributed by atoms with E-state index in [2.05, 4.69) is 15.8 Å². The Hall–Kier alpha value is -1.50. The van der Waals surface area contributed by atoms with Crippen molar-refractivity contribution in [3.63, 3.8) is 0 Å². The molecule has 0 spiro atoms. The monoisotopic (exact) mass is 355 g/mol. The number of halogens is 3. The summed E-state index contributed by atoms with van der Waals surface area (Å²) < 4.78 is 0. The maximum Gasteiger partial charge on any atom is 0.209 e. The van der Waals surface area contributed by atoms with Crippen molar-refractivity contribution in [1.82, 2.24) is 10.9 Å². The molecule has 1 atom stereocenters. The van der Waals surface area contributed by atoms with Crippen LogP contribution in [0.3, 0.4) is 0 Å². The van der Waals surface area contributed by atoms with Gasteiger partial charge in [0.2, 0.25) is 11.7 Å². The first-order chi connectivity index (χ1) is 10.4. The molecule has 1 unspecified atom stereocenters. The summed E-state index contributed by atoms with van der Waals surface area (Å²) in [4.78, 5) is 4.10. The van der Waals surface area contributed by atoms with Crippen LogP contribution in [-0.2, 0) is 5.79 Å². The molecule has 3 rings (SSSR count). The van der Waals surface area contributed by atoms with Gasteiger partial charge in [-0.05, 0) is 29.8 Å². The summed E-state index contributed by atoms with van der Waals surface area (Å²) in [6.07, 6.45) is 0. The summed E-state index contributed by atoms with van der Waals surface area (Å²) in [5.41, 5.74) is 19.2. The van der Waals surface area contributed by atoms with Crippen molar-refractivity contribution < 1.29 is 0 Å². The van der Waals surface area contributed by atoms with Crippen LogP contribution >= 0.6 is 34.8 Å². The summed E-state index contributed by atoms with van der Waals surface area (Å²) in [5, 5.41) is 1.48. The Labute approximate surface area is 142 Å². The Balaban J connectivity index is 2.10. The molecule has 0 aromatic heterocycles. The SMILES string of the molecule is NC1=NC(N)(c2cc(Cl)c(-c3cccc(Cl)c3)c(Cl)c2)NN1. The number of rotatable bonds is 2. The van der Waals surface area contributed by atoms with E-state index in [9.17, 15) is 0 Å². The highest BCUT2D eigenvalue weighted by Crippen LogP contribution is 2.38. The first-order valence-corrected chi connectivity index (χ1v) is 7.45. The fourth-order valence-electron chi connectivity index (χ4n) is 2.25. The number of nitrogens with zero attached hydrogens (tertiary/aromatic N) is 1. The standard InChI is InChI=1S/C14H12Cl3N5/c15-9-3-1-2-7(4-9)12-10(16)5-8(6-11(12)17)14(19)20-13(18)21-22-14/h1-6,22H,19H2,(H3,18,20,21). The Morgan fingerprint density at radius 2 is 1.73 bits per heavy atom. The van der Waals surface area contributed by atoms with Gasteiger partial charge in [0.1, 0.15) is 0 Å². The van der Waals surface area contributed by atoms with E-state index in [-0.39, 0.29) is 5.96 Å². The highest BCUT2D eigenvalue weighted by molar-refractivity contribution is 6.39. The van der Waals surface area contributed by atoms with E-state index in [1.165, 1.54) is 0 Å². The van der Waals surface area contributed by atoms with Crippen molar-refractivity contribution in [2.24, 2.45) is 16.5 Å². The van der Waals surface area contributed by atoms with Crippen LogP contribution in [0.1, 0.15) is 5.56 Å². The number of guanidine groups is 1. The largest absolute Gasteiger partial charge is 0.369 e. The van der Waals surface area contributed by atoms with Gasteiger partial charge in [-0.1, -0.05) is 46.9 Å². The number of hydrogen-bond donors (Lipinski definition) is 4. The molecule has 0 radical (unpaired) electrons. The Bertz CT molecular complexity index is 754. The van der Waals surface area contributed by atoms with Gasteiger partial charge in [0.05, 0.1) is 10.0 Å². The molecule has 2 aromatic rings. The minimum absolute atomic E-state index is 0.189. The molecule has 0 bridgehead atoms. The molecule has 22 heavy (non-hydrogen) atoms. The lowest BCUT2D eigenvalue weighted by molar-refractivity contribution is 0.375. The molecule has 0 fully saturated rings. The molecule has 114 valence electrons. The van der Waals surface area contributed by atoms with Crippen LogP contribution in [0.25, 0.3) is 11.1 Å². The predicted molar refractivity (Wildman–Crippen MR) is 90.7 cm³/mol. The number of aliphatic imine (C=N–C) groups is 1. The minimum Gasteiger partial charge on any atom is -0.369 e.